The first kappa shape index (κ1) is 13.1. The van der Waals surface area contributed by atoms with Gasteiger partial charge in [0.2, 0.25) is 0 Å². The van der Waals surface area contributed by atoms with Crippen LogP contribution in [0.25, 0.3) is 0 Å². The molecule has 0 spiro atoms. The minimum Gasteiger partial charge on any atom is -0.491 e. The molecule has 1 aromatic heterocycles. The number of nitrogens with zero attached hydrogens (tertiary/aromatic N) is 2. The van der Waals surface area contributed by atoms with Crippen molar-refractivity contribution in [3.8, 4) is 5.75 Å². The molecule has 6 nitrogen and oxygen atoms in total. The maximum atomic E-state index is 10.8. The first-order valence-electron chi connectivity index (χ1n) is 5.75. The quantitative estimate of drug-likeness (QED) is 0.812. The predicted octanol–water partition coefficient (Wildman–Crippen LogP) is 1.02. The second kappa shape index (κ2) is 6.01. The van der Waals surface area contributed by atoms with Gasteiger partial charge >= 0.3 is 5.97 Å². The molecule has 1 heterocycles. The molecule has 0 aliphatic carbocycles. The number of aromatic carboxylic acids is 1. The Hall–Kier alpha value is -2.34. The van der Waals surface area contributed by atoms with Gasteiger partial charge in [-0.15, -0.1) is 0 Å². The van der Waals surface area contributed by atoms with Crippen molar-refractivity contribution in [1.29, 1.82) is 0 Å². The van der Waals surface area contributed by atoms with Gasteiger partial charge in [0, 0.05) is 12.4 Å². The number of carboxylic acid groups (broad SMARTS) is 1. The van der Waals surface area contributed by atoms with Crippen LogP contribution in [0.5, 0.6) is 5.75 Å². The zero-order valence-electron chi connectivity index (χ0n) is 10.1. The normalized spacial score (nSPS) is 12.1. The molecule has 0 radical (unpaired) electrons. The molecular weight excluding hydrogens is 248 g/mol. The van der Waals surface area contributed by atoms with E-state index in [1.807, 2.05) is 0 Å². The SMILES string of the molecule is O=C(O)c1cccc(OC[C@H](O)Cn2ccnc2)c1. The van der Waals surface area contributed by atoms with Crippen molar-refractivity contribution in [3.05, 3.63) is 48.5 Å². The second-order valence-electron chi connectivity index (χ2n) is 4.06. The predicted molar refractivity (Wildman–Crippen MR) is 67.1 cm³/mol. The number of aliphatic hydroxyl groups excluding tert-OH is 1. The van der Waals surface area contributed by atoms with E-state index in [9.17, 15) is 9.90 Å². The van der Waals surface area contributed by atoms with Gasteiger partial charge in [0.25, 0.3) is 0 Å². The molecule has 6 heteroatoms. The van der Waals surface area contributed by atoms with Crippen LogP contribution in [0.3, 0.4) is 0 Å². The Morgan fingerprint density at radius 2 is 2.32 bits per heavy atom. The third-order valence-corrected chi connectivity index (χ3v) is 2.50. The summed E-state index contributed by atoms with van der Waals surface area (Å²) in [4.78, 5) is 14.7. The largest absolute Gasteiger partial charge is 0.491 e. The molecule has 0 aliphatic heterocycles. The number of rotatable bonds is 6. The molecule has 1 aromatic carbocycles. The van der Waals surface area contributed by atoms with Crippen molar-refractivity contribution in [3.63, 3.8) is 0 Å². The van der Waals surface area contributed by atoms with Gasteiger partial charge in [-0.1, -0.05) is 6.07 Å². The number of carboxylic acids is 1. The van der Waals surface area contributed by atoms with Gasteiger partial charge in [-0.2, -0.15) is 0 Å². The second-order valence-corrected chi connectivity index (χ2v) is 4.06. The van der Waals surface area contributed by atoms with E-state index in [-0.39, 0.29) is 12.2 Å². The standard InChI is InChI=1S/C13H14N2O4/c16-11(7-15-5-4-14-9-15)8-19-12-3-1-2-10(6-12)13(17)18/h1-6,9,11,16H,7-8H2,(H,17,18)/t11-/m1/s1. The maximum absolute atomic E-state index is 10.8. The van der Waals surface area contributed by atoms with Crippen LogP contribution in [0.2, 0.25) is 0 Å². The zero-order valence-corrected chi connectivity index (χ0v) is 10.1. The fraction of sp³-hybridized carbons (Fsp3) is 0.231. The molecule has 0 aliphatic rings. The lowest BCUT2D eigenvalue weighted by Crippen LogP contribution is -2.23. The van der Waals surface area contributed by atoms with E-state index in [2.05, 4.69) is 4.98 Å². The number of aromatic nitrogens is 2. The van der Waals surface area contributed by atoms with E-state index >= 15 is 0 Å². The van der Waals surface area contributed by atoms with Crippen LogP contribution in [-0.4, -0.2) is 38.4 Å². The molecule has 0 saturated carbocycles. The summed E-state index contributed by atoms with van der Waals surface area (Å²) in [6.07, 6.45) is 4.29. The van der Waals surface area contributed by atoms with Gasteiger partial charge in [-0.05, 0) is 18.2 Å². The summed E-state index contributed by atoms with van der Waals surface area (Å²) < 4.78 is 7.10. The summed E-state index contributed by atoms with van der Waals surface area (Å²) >= 11 is 0. The van der Waals surface area contributed by atoms with E-state index in [0.717, 1.165) is 0 Å². The highest BCUT2D eigenvalue weighted by molar-refractivity contribution is 5.87. The summed E-state index contributed by atoms with van der Waals surface area (Å²) in [5.41, 5.74) is 0.154. The summed E-state index contributed by atoms with van der Waals surface area (Å²) in [6, 6.07) is 6.15. The van der Waals surface area contributed by atoms with Crippen LogP contribution in [0.15, 0.2) is 43.0 Å². The number of imidazole rings is 1. The molecule has 2 rings (SSSR count). The van der Waals surface area contributed by atoms with Gasteiger partial charge in [-0.3, -0.25) is 0 Å². The average molecular weight is 262 g/mol. The molecule has 2 N–H and O–H groups in total. The highest BCUT2D eigenvalue weighted by atomic mass is 16.5. The Morgan fingerprint density at radius 3 is 3.00 bits per heavy atom. The summed E-state index contributed by atoms with van der Waals surface area (Å²) in [7, 11) is 0. The average Bonchev–Trinajstić information content (AvgIpc) is 2.89. The molecule has 1 atom stereocenters. The smallest absolute Gasteiger partial charge is 0.335 e. The Morgan fingerprint density at radius 1 is 1.47 bits per heavy atom. The van der Waals surface area contributed by atoms with Gasteiger partial charge < -0.3 is 19.5 Å². The Bertz CT molecular complexity index is 539. The lowest BCUT2D eigenvalue weighted by atomic mass is 10.2. The van der Waals surface area contributed by atoms with E-state index in [1.165, 1.54) is 12.1 Å². The van der Waals surface area contributed by atoms with Crippen LogP contribution < -0.4 is 4.74 Å². The van der Waals surface area contributed by atoms with Gasteiger partial charge in [-0.25, -0.2) is 9.78 Å². The molecule has 0 bridgehead atoms. The van der Waals surface area contributed by atoms with Gasteiger partial charge in [0.1, 0.15) is 18.5 Å². The topological polar surface area (TPSA) is 84.6 Å². The van der Waals surface area contributed by atoms with E-state index in [0.29, 0.717) is 12.3 Å². The van der Waals surface area contributed by atoms with Crippen LogP contribution >= 0.6 is 0 Å². The minimum atomic E-state index is -1.01. The lowest BCUT2D eigenvalue weighted by molar-refractivity contribution is 0.0695. The number of hydrogen-bond donors (Lipinski definition) is 2. The molecule has 0 fully saturated rings. The number of hydrogen-bond acceptors (Lipinski definition) is 4. The first-order chi connectivity index (χ1) is 9.15. The number of aliphatic hydroxyl groups is 1. The van der Waals surface area contributed by atoms with Crippen molar-refractivity contribution in [2.75, 3.05) is 6.61 Å². The van der Waals surface area contributed by atoms with Crippen molar-refractivity contribution in [2.24, 2.45) is 0 Å². The van der Waals surface area contributed by atoms with Crippen molar-refractivity contribution < 1.29 is 19.7 Å². The minimum absolute atomic E-state index is 0.0846. The van der Waals surface area contributed by atoms with E-state index in [4.69, 9.17) is 9.84 Å². The molecule has 19 heavy (non-hydrogen) atoms. The van der Waals surface area contributed by atoms with Crippen LogP contribution in [0, 0.1) is 0 Å². The Labute approximate surface area is 109 Å². The molecular formula is C13H14N2O4. The molecule has 2 aromatic rings. The zero-order chi connectivity index (χ0) is 13.7. The number of carbonyl (C=O) groups is 1. The summed E-state index contributed by atoms with van der Waals surface area (Å²) in [5, 5.41) is 18.6. The van der Waals surface area contributed by atoms with Crippen LogP contribution in [-0.2, 0) is 6.54 Å². The Kier molecular flexibility index (Phi) is 4.15. The molecule has 0 amide bonds. The summed E-state index contributed by atoms with van der Waals surface area (Å²) in [5.74, 6) is -0.589. The van der Waals surface area contributed by atoms with Crippen LogP contribution in [0.4, 0.5) is 0 Å². The molecule has 100 valence electrons. The summed E-state index contributed by atoms with van der Waals surface area (Å²) in [6.45, 7) is 0.458. The fourth-order valence-electron chi connectivity index (χ4n) is 1.60. The van der Waals surface area contributed by atoms with Gasteiger partial charge in [0.15, 0.2) is 0 Å². The monoisotopic (exact) mass is 262 g/mol. The lowest BCUT2D eigenvalue weighted by Gasteiger charge is -2.13. The van der Waals surface area contributed by atoms with Crippen LogP contribution in [0.1, 0.15) is 10.4 Å². The van der Waals surface area contributed by atoms with Crippen molar-refractivity contribution >= 4 is 5.97 Å². The Balaban J connectivity index is 1.88. The third-order valence-electron chi connectivity index (χ3n) is 2.50. The number of ether oxygens (including phenoxy) is 1. The fourth-order valence-corrected chi connectivity index (χ4v) is 1.60. The van der Waals surface area contributed by atoms with Gasteiger partial charge in [0.05, 0.1) is 18.4 Å². The van der Waals surface area contributed by atoms with Crippen molar-refractivity contribution in [2.45, 2.75) is 12.6 Å². The highest BCUT2D eigenvalue weighted by Crippen LogP contribution is 2.13. The third kappa shape index (κ3) is 3.82. The maximum Gasteiger partial charge on any atom is 0.335 e. The molecule has 0 saturated heterocycles. The molecule has 0 unspecified atom stereocenters. The van der Waals surface area contributed by atoms with E-state index < -0.39 is 12.1 Å². The first-order valence-corrected chi connectivity index (χ1v) is 5.75. The van der Waals surface area contributed by atoms with Crippen molar-refractivity contribution in [1.82, 2.24) is 9.55 Å². The van der Waals surface area contributed by atoms with E-state index in [1.54, 1.807) is 35.4 Å². The number of benzene rings is 1. The highest BCUT2D eigenvalue weighted by Gasteiger charge is 2.08.